The summed E-state index contributed by atoms with van der Waals surface area (Å²) < 4.78 is 0. The Bertz CT molecular complexity index is 319. The maximum Gasteiger partial charge on any atom is 0.223 e. The molecule has 0 spiro atoms. The fraction of sp³-hybridized carbons (Fsp3) is 0.286. The average Bonchev–Trinajstić information content (AvgIpc) is 2.01. The van der Waals surface area contributed by atoms with E-state index in [4.69, 9.17) is 17.2 Å². The van der Waals surface area contributed by atoms with Crippen molar-refractivity contribution in [3.63, 3.8) is 0 Å². The average molecular weight is 196 g/mol. The van der Waals surface area contributed by atoms with Crippen molar-refractivity contribution in [1.82, 2.24) is 9.97 Å². The molecule has 76 valence electrons. The number of hydrogen-bond acceptors (Lipinski definition) is 6. The third kappa shape index (κ3) is 3.13. The molecule has 0 atom stereocenters. The maximum absolute atomic E-state index is 10.4. The molecule has 0 radical (unpaired) electrons. The fourth-order valence-electron chi connectivity index (χ4n) is 0.890. The molecule has 1 aromatic rings. The Hall–Kier alpha value is -2.05. The van der Waals surface area contributed by atoms with Gasteiger partial charge in [0.25, 0.3) is 0 Å². The lowest BCUT2D eigenvalue weighted by atomic mass is 10.4. The standard InChI is InChI=1S/C7H12N6O/c8-4-3-6(13-7(10)12-4)11-2-1-5(9)14/h3H,1-2H2,(H2,9,14)(H5,8,10,11,12,13). The monoisotopic (exact) mass is 196 g/mol. The molecule has 0 unspecified atom stereocenters. The molecule has 0 saturated heterocycles. The summed E-state index contributed by atoms with van der Waals surface area (Å²) in [6, 6.07) is 1.53. The Balaban J connectivity index is 2.54. The second-order valence-corrected chi connectivity index (χ2v) is 2.68. The number of anilines is 3. The van der Waals surface area contributed by atoms with Gasteiger partial charge in [-0.3, -0.25) is 4.79 Å². The Kier molecular flexibility index (Phi) is 3.05. The molecular weight excluding hydrogens is 184 g/mol. The molecular formula is C7H12N6O. The minimum absolute atomic E-state index is 0.0894. The van der Waals surface area contributed by atoms with Gasteiger partial charge >= 0.3 is 0 Å². The van der Waals surface area contributed by atoms with Crippen molar-refractivity contribution in [3.8, 4) is 0 Å². The van der Waals surface area contributed by atoms with Gasteiger partial charge in [0, 0.05) is 19.0 Å². The molecule has 1 amide bonds. The van der Waals surface area contributed by atoms with Gasteiger partial charge in [0.05, 0.1) is 0 Å². The van der Waals surface area contributed by atoms with Crippen LogP contribution >= 0.6 is 0 Å². The van der Waals surface area contributed by atoms with Gasteiger partial charge in [-0.2, -0.15) is 9.97 Å². The number of rotatable bonds is 4. The van der Waals surface area contributed by atoms with E-state index >= 15 is 0 Å². The number of nitrogens with zero attached hydrogens (tertiary/aromatic N) is 2. The summed E-state index contributed by atoms with van der Waals surface area (Å²) in [5.74, 6) is 0.467. The zero-order chi connectivity index (χ0) is 10.6. The molecule has 7 N–H and O–H groups in total. The molecule has 0 aromatic carbocycles. The van der Waals surface area contributed by atoms with E-state index in [-0.39, 0.29) is 24.1 Å². The quantitative estimate of drug-likeness (QED) is 0.484. The minimum atomic E-state index is -0.382. The number of nitrogens with one attached hydrogen (secondary N) is 1. The molecule has 14 heavy (non-hydrogen) atoms. The first-order valence-electron chi connectivity index (χ1n) is 4.00. The first-order valence-corrected chi connectivity index (χ1v) is 4.00. The fourth-order valence-corrected chi connectivity index (χ4v) is 0.890. The van der Waals surface area contributed by atoms with Gasteiger partial charge in [-0.05, 0) is 0 Å². The van der Waals surface area contributed by atoms with Crippen LogP contribution in [0.4, 0.5) is 17.6 Å². The molecule has 0 fully saturated rings. The van der Waals surface area contributed by atoms with Crippen LogP contribution in [-0.4, -0.2) is 22.4 Å². The summed E-state index contributed by atoms with van der Waals surface area (Å²) in [5.41, 5.74) is 15.7. The molecule has 0 bridgehead atoms. The lowest BCUT2D eigenvalue weighted by Gasteiger charge is -2.04. The number of carbonyl (C=O) groups is 1. The van der Waals surface area contributed by atoms with Gasteiger partial charge in [-0.1, -0.05) is 0 Å². The summed E-state index contributed by atoms with van der Waals surface area (Å²) in [6.07, 6.45) is 0.226. The van der Waals surface area contributed by atoms with E-state index < -0.39 is 0 Å². The van der Waals surface area contributed by atoms with Gasteiger partial charge in [0.15, 0.2) is 0 Å². The third-order valence-corrected chi connectivity index (χ3v) is 1.44. The summed E-state index contributed by atoms with van der Waals surface area (Å²) in [5, 5.41) is 2.85. The number of nitrogen functional groups attached to an aromatic ring is 2. The Morgan fingerprint density at radius 2 is 2.14 bits per heavy atom. The predicted molar refractivity (Wildman–Crippen MR) is 53.2 cm³/mol. The van der Waals surface area contributed by atoms with Gasteiger partial charge in [-0.25, -0.2) is 0 Å². The normalized spacial score (nSPS) is 9.71. The second kappa shape index (κ2) is 4.26. The van der Waals surface area contributed by atoms with Crippen LogP contribution in [0.15, 0.2) is 6.07 Å². The van der Waals surface area contributed by atoms with E-state index in [1.165, 1.54) is 6.07 Å². The molecule has 1 rings (SSSR count). The number of hydrogen-bond donors (Lipinski definition) is 4. The van der Waals surface area contributed by atoms with Crippen LogP contribution in [0.1, 0.15) is 6.42 Å². The van der Waals surface area contributed by atoms with E-state index in [0.29, 0.717) is 12.4 Å². The summed E-state index contributed by atoms with van der Waals surface area (Å²) in [4.78, 5) is 18.0. The van der Waals surface area contributed by atoms with Gasteiger partial charge in [-0.15, -0.1) is 0 Å². The number of nitrogens with two attached hydrogens (primary N) is 3. The second-order valence-electron chi connectivity index (χ2n) is 2.68. The van der Waals surface area contributed by atoms with Crippen LogP contribution in [0.2, 0.25) is 0 Å². The van der Waals surface area contributed by atoms with E-state index in [9.17, 15) is 4.79 Å². The topological polar surface area (TPSA) is 133 Å². The van der Waals surface area contributed by atoms with Gasteiger partial charge in [0.1, 0.15) is 11.6 Å². The van der Waals surface area contributed by atoms with Crippen molar-refractivity contribution in [2.45, 2.75) is 6.42 Å². The molecule has 7 nitrogen and oxygen atoms in total. The van der Waals surface area contributed by atoms with E-state index in [0.717, 1.165) is 0 Å². The highest BCUT2D eigenvalue weighted by Crippen LogP contribution is 2.08. The first-order chi connectivity index (χ1) is 6.58. The van der Waals surface area contributed by atoms with Crippen LogP contribution in [0.25, 0.3) is 0 Å². The summed E-state index contributed by atoms with van der Waals surface area (Å²) in [7, 11) is 0. The summed E-state index contributed by atoms with van der Waals surface area (Å²) in [6.45, 7) is 0.394. The van der Waals surface area contributed by atoms with Crippen LogP contribution in [0.3, 0.4) is 0 Å². The molecule has 0 aliphatic carbocycles. The Labute approximate surface area is 80.7 Å². The highest BCUT2D eigenvalue weighted by Gasteiger charge is 1.99. The lowest BCUT2D eigenvalue weighted by molar-refractivity contribution is -0.117. The van der Waals surface area contributed by atoms with Crippen LogP contribution in [-0.2, 0) is 4.79 Å². The number of amides is 1. The smallest absolute Gasteiger partial charge is 0.223 e. The van der Waals surface area contributed by atoms with Crippen molar-refractivity contribution in [2.75, 3.05) is 23.3 Å². The van der Waals surface area contributed by atoms with Crippen molar-refractivity contribution in [1.29, 1.82) is 0 Å². The maximum atomic E-state index is 10.4. The Morgan fingerprint density at radius 1 is 1.43 bits per heavy atom. The van der Waals surface area contributed by atoms with Crippen molar-refractivity contribution >= 4 is 23.5 Å². The molecule has 0 aliphatic heterocycles. The molecule has 1 heterocycles. The van der Waals surface area contributed by atoms with Gasteiger partial charge in [0.2, 0.25) is 11.9 Å². The lowest BCUT2D eigenvalue weighted by Crippen LogP contribution is -2.16. The Morgan fingerprint density at radius 3 is 2.71 bits per heavy atom. The molecule has 0 saturated carbocycles. The van der Waals surface area contributed by atoms with Crippen LogP contribution in [0, 0.1) is 0 Å². The zero-order valence-corrected chi connectivity index (χ0v) is 7.53. The van der Waals surface area contributed by atoms with Crippen molar-refractivity contribution < 1.29 is 4.79 Å². The number of carbonyl (C=O) groups excluding carboxylic acids is 1. The van der Waals surface area contributed by atoms with Crippen molar-refractivity contribution in [2.24, 2.45) is 5.73 Å². The molecule has 1 aromatic heterocycles. The van der Waals surface area contributed by atoms with Crippen LogP contribution < -0.4 is 22.5 Å². The van der Waals surface area contributed by atoms with Crippen LogP contribution in [0.5, 0.6) is 0 Å². The van der Waals surface area contributed by atoms with E-state index in [1.807, 2.05) is 0 Å². The minimum Gasteiger partial charge on any atom is -0.383 e. The third-order valence-electron chi connectivity index (χ3n) is 1.44. The number of aromatic nitrogens is 2. The predicted octanol–water partition coefficient (Wildman–Crippen LogP) is -1.07. The van der Waals surface area contributed by atoms with Gasteiger partial charge < -0.3 is 22.5 Å². The van der Waals surface area contributed by atoms with E-state index in [1.54, 1.807) is 0 Å². The van der Waals surface area contributed by atoms with Crippen molar-refractivity contribution in [3.05, 3.63) is 6.07 Å². The zero-order valence-electron chi connectivity index (χ0n) is 7.53. The highest BCUT2D eigenvalue weighted by atomic mass is 16.1. The molecule has 7 heteroatoms. The largest absolute Gasteiger partial charge is 0.383 e. The molecule has 0 aliphatic rings. The number of primary amides is 1. The highest BCUT2D eigenvalue weighted by molar-refractivity contribution is 5.74. The first kappa shape index (κ1) is 10.0. The van der Waals surface area contributed by atoms with E-state index in [2.05, 4.69) is 15.3 Å². The SMILES string of the molecule is NC(=O)CCNc1cc(N)nc(N)n1. The summed E-state index contributed by atoms with van der Waals surface area (Å²) >= 11 is 0.